The molecule has 0 spiro atoms. The van der Waals surface area contributed by atoms with Gasteiger partial charge in [0.2, 0.25) is 0 Å². The zero-order valence-corrected chi connectivity index (χ0v) is 16.6. The number of nitrogens with one attached hydrogen (secondary N) is 1. The summed E-state index contributed by atoms with van der Waals surface area (Å²) in [6, 6.07) is 14.6. The van der Waals surface area contributed by atoms with Gasteiger partial charge in [-0.25, -0.2) is 0 Å². The summed E-state index contributed by atoms with van der Waals surface area (Å²) in [4.78, 5) is 12.4. The van der Waals surface area contributed by atoms with Crippen molar-refractivity contribution in [2.24, 2.45) is 0 Å². The third kappa shape index (κ3) is 5.62. The predicted octanol–water partition coefficient (Wildman–Crippen LogP) is 4.94. The van der Waals surface area contributed by atoms with E-state index in [1.54, 1.807) is 0 Å². The first kappa shape index (κ1) is 20.0. The molecular weight excluding hydrogens is 322 g/mol. The molecular formula is C23H31NO2. The Labute approximate surface area is 157 Å². The second-order valence-corrected chi connectivity index (χ2v) is 7.20. The van der Waals surface area contributed by atoms with Crippen LogP contribution in [0.4, 0.5) is 0 Å². The van der Waals surface area contributed by atoms with Gasteiger partial charge in [-0.15, -0.1) is 0 Å². The Bertz CT molecular complexity index is 719. The normalized spacial score (nSPS) is 12.1. The van der Waals surface area contributed by atoms with Crippen LogP contribution in [0.5, 0.6) is 5.75 Å². The summed E-state index contributed by atoms with van der Waals surface area (Å²) in [5.74, 6) is 1.24. The Balaban J connectivity index is 1.85. The smallest absolute Gasteiger partial charge is 0.261 e. The summed E-state index contributed by atoms with van der Waals surface area (Å²) < 4.78 is 5.89. The van der Waals surface area contributed by atoms with Crippen molar-refractivity contribution >= 4 is 5.91 Å². The lowest BCUT2D eigenvalue weighted by atomic mass is 10.0. The van der Waals surface area contributed by atoms with Gasteiger partial charge >= 0.3 is 0 Å². The minimum atomic E-state index is -0.458. The molecule has 0 saturated carbocycles. The van der Waals surface area contributed by atoms with Crippen LogP contribution >= 0.6 is 0 Å². The minimum absolute atomic E-state index is 0.0514. The number of benzene rings is 2. The summed E-state index contributed by atoms with van der Waals surface area (Å²) >= 11 is 0. The van der Waals surface area contributed by atoms with E-state index in [0.29, 0.717) is 18.9 Å². The van der Waals surface area contributed by atoms with Crippen LogP contribution in [-0.4, -0.2) is 18.6 Å². The van der Waals surface area contributed by atoms with Gasteiger partial charge in [0.05, 0.1) is 0 Å². The third-order valence-corrected chi connectivity index (χ3v) is 4.78. The van der Waals surface area contributed by atoms with Crippen molar-refractivity contribution in [3.8, 4) is 5.75 Å². The summed E-state index contributed by atoms with van der Waals surface area (Å²) in [6.07, 6.45) is 1.01. The lowest BCUT2D eigenvalue weighted by Crippen LogP contribution is -2.38. The number of ether oxygens (including phenoxy) is 1. The van der Waals surface area contributed by atoms with E-state index in [1.807, 2.05) is 32.0 Å². The van der Waals surface area contributed by atoms with Gasteiger partial charge in [0.1, 0.15) is 5.75 Å². The Morgan fingerprint density at radius 3 is 2.31 bits per heavy atom. The molecule has 2 aromatic rings. The fourth-order valence-electron chi connectivity index (χ4n) is 2.79. The molecule has 1 N–H and O–H groups in total. The van der Waals surface area contributed by atoms with E-state index in [2.05, 4.69) is 50.4 Å². The Kier molecular flexibility index (Phi) is 7.26. The monoisotopic (exact) mass is 353 g/mol. The average molecular weight is 354 g/mol. The predicted molar refractivity (Wildman–Crippen MR) is 108 cm³/mol. The van der Waals surface area contributed by atoms with Crippen LogP contribution in [0.1, 0.15) is 55.4 Å². The van der Waals surface area contributed by atoms with E-state index in [0.717, 1.165) is 12.2 Å². The maximum atomic E-state index is 12.4. The fraction of sp³-hybridized carbons (Fsp3) is 0.435. The standard InChI is InChI=1S/C23H31NO2/c1-6-22(26-21-12-7-17(4)18(5)15-21)23(25)24-14-13-19-8-10-20(11-9-19)16(2)3/h7-12,15-16,22H,6,13-14H2,1-5H3,(H,24,25)/t22-/m0/s1. The van der Waals surface area contributed by atoms with Crippen molar-refractivity contribution < 1.29 is 9.53 Å². The molecule has 0 radical (unpaired) electrons. The van der Waals surface area contributed by atoms with Gasteiger partial charge in [-0.2, -0.15) is 0 Å². The zero-order valence-electron chi connectivity index (χ0n) is 16.6. The molecule has 1 amide bonds. The van der Waals surface area contributed by atoms with E-state index < -0.39 is 6.10 Å². The van der Waals surface area contributed by atoms with Gasteiger partial charge in [-0.1, -0.05) is 51.1 Å². The Morgan fingerprint density at radius 2 is 1.73 bits per heavy atom. The molecule has 0 fully saturated rings. The number of aryl methyl sites for hydroxylation is 2. The van der Waals surface area contributed by atoms with Crippen LogP contribution in [-0.2, 0) is 11.2 Å². The number of carbonyl (C=O) groups excluding carboxylic acids is 1. The first-order chi connectivity index (χ1) is 12.4. The van der Waals surface area contributed by atoms with Crippen LogP contribution < -0.4 is 10.1 Å². The molecule has 3 heteroatoms. The summed E-state index contributed by atoms with van der Waals surface area (Å²) in [6.45, 7) is 11.1. The molecule has 0 heterocycles. The molecule has 2 rings (SSSR count). The number of rotatable bonds is 8. The highest BCUT2D eigenvalue weighted by molar-refractivity contribution is 5.81. The van der Waals surface area contributed by atoms with Crippen molar-refractivity contribution in [2.75, 3.05) is 6.54 Å². The molecule has 0 aliphatic heterocycles. The number of carbonyl (C=O) groups is 1. The van der Waals surface area contributed by atoms with E-state index in [4.69, 9.17) is 4.74 Å². The van der Waals surface area contributed by atoms with E-state index in [9.17, 15) is 4.79 Å². The first-order valence-electron chi connectivity index (χ1n) is 9.51. The van der Waals surface area contributed by atoms with Crippen LogP contribution in [0.2, 0.25) is 0 Å². The highest BCUT2D eigenvalue weighted by Crippen LogP contribution is 2.19. The second kappa shape index (κ2) is 9.42. The SMILES string of the molecule is CC[C@H](Oc1ccc(C)c(C)c1)C(=O)NCCc1ccc(C(C)C)cc1. The highest BCUT2D eigenvalue weighted by atomic mass is 16.5. The molecule has 0 unspecified atom stereocenters. The van der Waals surface area contributed by atoms with E-state index in [-0.39, 0.29) is 5.91 Å². The second-order valence-electron chi connectivity index (χ2n) is 7.20. The third-order valence-electron chi connectivity index (χ3n) is 4.78. The topological polar surface area (TPSA) is 38.3 Å². The van der Waals surface area contributed by atoms with Crippen molar-refractivity contribution in [1.29, 1.82) is 0 Å². The van der Waals surface area contributed by atoms with Crippen LogP contribution in [0.3, 0.4) is 0 Å². The van der Waals surface area contributed by atoms with Crippen molar-refractivity contribution in [3.63, 3.8) is 0 Å². The minimum Gasteiger partial charge on any atom is -0.481 e. The van der Waals surface area contributed by atoms with Gasteiger partial charge in [0, 0.05) is 6.54 Å². The summed E-state index contributed by atoms with van der Waals surface area (Å²) in [7, 11) is 0. The molecule has 0 aromatic heterocycles. The summed E-state index contributed by atoms with van der Waals surface area (Å²) in [5.41, 5.74) is 4.96. The quantitative estimate of drug-likeness (QED) is 0.730. The fourth-order valence-corrected chi connectivity index (χ4v) is 2.79. The first-order valence-corrected chi connectivity index (χ1v) is 9.51. The number of hydrogen-bond acceptors (Lipinski definition) is 2. The Hall–Kier alpha value is -2.29. The lowest BCUT2D eigenvalue weighted by Gasteiger charge is -2.18. The average Bonchev–Trinajstić information content (AvgIpc) is 2.62. The van der Waals surface area contributed by atoms with Gasteiger partial charge in [-0.3, -0.25) is 4.79 Å². The van der Waals surface area contributed by atoms with Gasteiger partial charge in [0.25, 0.3) is 5.91 Å². The number of hydrogen-bond donors (Lipinski definition) is 1. The largest absolute Gasteiger partial charge is 0.481 e. The molecule has 26 heavy (non-hydrogen) atoms. The molecule has 2 aromatic carbocycles. The van der Waals surface area contributed by atoms with Crippen LogP contribution in [0.15, 0.2) is 42.5 Å². The zero-order chi connectivity index (χ0) is 19.1. The summed E-state index contributed by atoms with van der Waals surface area (Å²) in [5, 5.41) is 3.00. The molecule has 0 aliphatic carbocycles. The molecule has 0 saturated heterocycles. The van der Waals surface area contributed by atoms with E-state index in [1.165, 1.54) is 22.3 Å². The van der Waals surface area contributed by atoms with Gasteiger partial charge < -0.3 is 10.1 Å². The van der Waals surface area contributed by atoms with Gasteiger partial charge in [0.15, 0.2) is 6.10 Å². The number of amides is 1. The van der Waals surface area contributed by atoms with Crippen molar-refractivity contribution in [3.05, 3.63) is 64.7 Å². The maximum Gasteiger partial charge on any atom is 0.261 e. The maximum absolute atomic E-state index is 12.4. The lowest BCUT2D eigenvalue weighted by molar-refractivity contribution is -0.128. The molecule has 140 valence electrons. The molecule has 0 bridgehead atoms. The van der Waals surface area contributed by atoms with Crippen LogP contribution in [0.25, 0.3) is 0 Å². The molecule has 0 aliphatic rings. The molecule has 3 nitrogen and oxygen atoms in total. The van der Waals surface area contributed by atoms with E-state index >= 15 is 0 Å². The van der Waals surface area contributed by atoms with Crippen molar-refractivity contribution in [1.82, 2.24) is 5.32 Å². The highest BCUT2D eigenvalue weighted by Gasteiger charge is 2.18. The van der Waals surface area contributed by atoms with Crippen molar-refractivity contribution in [2.45, 2.75) is 59.5 Å². The van der Waals surface area contributed by atoms with Crippen LogP contribution in [0, 0.1) is 13.8 Å². The molecule has 1 atom stereocenters. The van der Waals surface area contributed by atoms with Gasteiger partial charge in [-0.05, 0) is 67.0 Å². The Morgan fingerprint density at radius 1 is 1.04 bits per heavy atom.